The van der Waals surface area contributed by atoms with E-state index in [1.54, 1.807) is 18.2 Å². The predicted octanol–water partition coefficient (Wildman–Crippen LogP) is 4.44. The standard InChI is InChI=1S/C24H25FN2O2/c1-27(2)23(18-12-14-20(25)15-13-18)16-26-24(28)22-11-7-6-8-19(22)17-29-21-9-4-3-5-10-21/h3-15,23H,16-17H2,1-2H3,(H,26,28). The van der Waals surface area contributed by atoms with Gasteiger partial charge in [-0.25, -0.2) is 4.39 Å². The lowest BCUT2D eigenvalue weighted by Crippen LogP contribution is -2.35. The Labute approximate surface area is 170 Å². The van der Waals surface area contributed by atoms with Gasteiger partial charge in [-0.15, -0.1) is 0 Å². The van der Waals surface area contributed by atoms with E-state index in [-0.39, 0.29) is 17.8 Å². The van der Waals surface area contributed by atoms with Crippen LogP contribution in [0, 0.1) is 5.82 Å². The third-order valence-corrected chi connectivity index (χ3v) is 4.73. The SMILES string of the molecule is CN(C)C(CNC(=O)c1ccccc1COc1ccccc1)c1ccc(F)cc1. The number of halogens is 1. The molecule has 3 aromatic carbocycles. The summed E-state index contributed by atoms with van der Waals surface area (Å²) in [5, 5.41) is 3.00. The Bertz CT molecular complexity index is 927. The maximum atomic E-state index is 13.2. The van der Waals surface area contributed by atoms with Gasteiger partial charge < -0.3 is 15.0 Å². The van der Waals surface area contributed by atoms with Gasteiger partial charge in [-0.05, 0) is 50.0 Å². The summed E-state index contributed by atoms with van der Waals surface area (Å²) in [6.07, 6.45) is 0. The van der Waals surface area contributed by atoms with Crippen molar-refractivity contribution >= 4 is 5.91 Å². The van der Waals surface area contributed by atoms with E-state index in [0.29, 0.717) is 18.7 Å². The van der Waals surface area contributed by atoms with E-state index < -0.39 is 0 Å². The number of ether oxygens (including phenoxy) is 1. The van der Waals surface area contributed by atoms with Crippen LogP contribution < -0.4 is 10.1 Å². The number of nitrogens with zero attached hydrogens (tertiary/aromatic N) is 1. The quantitative estimate of drug-likeness (QED) is 0.616. The fraction of sp³-hybridized carbons (Fsp3) is 0.208. The van der Waals surface area contributed by atoms with Crippen LogP contribution in [-0.2, 0) is 6.61 Å². The number of likely N-dealkylation sites (N-methyl/N-ethyl adjacent to an activating group) is 1. The van der Waals surface area contributed by atoms with Crippen molar-refractivity contribution in [3.8, 4) is 5.75 Å². The first-order valence-electron chi connectivity index (χ1n) is 9.50. The van der Waals surface area contributed by atoms with Crippen LogP contribution in [-0.4, -0.2) is 31.4 Å². The number of benzene rings is 3. The molecule has 3 aromatic rings. The normalized spacial score (nSPS) is 11.9. The van der Waals surface area contributed by atoms with E-state index >= 15 is 0 Å². The molecule has 0 aromatic heterocycles. The van der Waals surface area contributed by atoms with Gasteiger partial charge in [0.05, 0.1) is 6.04 Å². The molecule has 1 atom stereocenters. The minimum Gasteiger partial charge on any atom is -0.489 e. The van der Waals surface area contributed by atoms with Crippen molar-refractivity contribution in [3.05, 3.63) is 101 Å². The van der Waals surface area contributed by atoms with Gasteiger partial charge in [-0.2, -0.15) is 0 Å². The molecule has 1 unspecified atom stereocenters. The van der Waals surface area contributed by atoms with Crippen LogP contribution in [0.2, 0.25) is 0 Å². The summed E-state index contributed by atoms with van der Waals surface area (Å²) in [5.74, 6) is 0.320. The third kappa shape index (κ3) is 5.65. The van der Waals surface area contributed by atoms with E-state index in [0.717, 1.165) is 16.9 Å². The molecule has 0 aliphatic heterocycles. The maximum Gasteiger partial charge on any atom is 0.251 e. The van der Waals surface area contributed by atoms with Crippen LogP contribution in [0.5, 0.6) is 5.75 Å². The maximum absolute atomic E-state index is 13.2. The first kappa shape index (κ1) is 20.6. The van der Waals surface area contributed by atoms with E-state index in [9.17, 15) is 9.18 Å². The van der Waals surface area contributed by atoms with Gasteiger partial charge in [0.1, 0.15) is 18.2 Å². The summed E-state index contributed by atoms with van der Waals surface area (Å²) in [6, 6.07) is 23.2. The predicted molar refractivity (Wildman–Crippen MR) is 112 cm³/mol. The topological polar surface area (TPSA) is 41.6 Å². The Morgan fingerprint density at radius 2 is 1.62 bits per heavy atom. The number of rotatable bonds is 8. The number of para-hydroxylation sites is 1. The minimum absolute atomic E-state index is 0.0627. The lowest BCUT2D eigenvalue weighted by atomic mass is 10.0. The smallest absolute Gasteiger partial charge is 0.251 e. The number of hydrogen-bond acceptors (Lipinski definition) is 3. The molecule has 0 aliphatic rings. The summed E-state index contributed by atoms with van der Waals surface area (Å²) in [7, 11) is 3.86. The molecule has 0 radical (unpaired) electrons. The molecule has 0 spiro atoms. The number of nitrogens with one attached hydrogen (secondary N) is 1. The lowest BCUT2D eigenvalue weighted by molar-refractivity contribution is 0.0939. The molecule has 5 heteroatoms. The number of amides is 1. The van der Waals surface area contributed by atoms with E-state index in [2.05, 4.69) is 5.32 Å². The molecule has 29 heavy (non-hydrogen) atoms. The molecule has 150 valence electrons. The summed E-state index contributed by atoms with van der Waals surface area (Å²) in [5.41, 5.74) is 2.34. The minimum atomic E-state index is -0.275. The average molecular weight is 392 g/mol. The molecule has 1 N–H and O–H groups in total. The molecule has 0 heterocycles. The summed E-state index contributed by atoms with van der Waals surface area (Å²) < 4.78 is 19.0. The van der Waals surface area contributed by atoms with Gasteiger partial charge in [-0.3, -0.25) is 4.79 Å². The van der Waals surface area contributed by atoms with Crippen LogP contribution >= 0.6 is 0 Å². The van der Waals surface area contributed by atoms with Crippen LogP contribution in [0.25, 0.3) is 0 Å². The van der Waals surface area contributed by atoms with E-state index in [1.807, 2.05) is 67.5 Å². The van der Waals surface area contributed by atoms with Gasteiger partial charge in [0.15, 0.2) is 0 Å². The monoisotopic (exact) mass is 392 g/mol. The first-order valence-corrected chi connectivity index (χ1v) is 9.50. The van der Waals surface area contributed by atoms with E-state index in [1.165, 1.54) is 12.1 Å². The highest BCUT2D eigenvalue weighted by molar-refractivity contribution is 5.95. The second-order valence-electron chi connectivity index (χ2n) is 7.00. The Hall–Kier alpha value is -3.18. The molecule has 0 bridgehead atoms. The van der Waals surface area contributed by atoms with Crippen molar-refractivity contribution < 1.29 is 13.9 Å². The van der Waals surface area contributed by atoms with Crippen LogP contribution in [0.3, 0.4) is 0 Å². The van der Waals surface area contributed by atoms with Crippen LogP contribution in [0.4, 0.5) is 4.39 Å². The Kier molecular flexibility index (Phi) is 6.98. The van der Waals surface area contributed by atoms with Crippen molar-refractivity contribution in [1.82, 2.24) is 10.2 Å². The highest BCUT2D eigenvalue weighted by atomic mass is 19.1. The Morgan fingerprint density at radius 3 is 2.31 bits per heavy atom. The highest BCUT2D eigenvalue weighted by Crippen LogP contribution is 2.19. The van der Waals surface area contributed by atoms with Crippen LogP contribution in [0.15, 0.2) is 78.9 Å². The summed E-state index contributed by atoms with van der Waals surface area (Å²) in [4.78, 5) is 14.8. The van der Waals surface area contributed by atoms with Crippen molar-refractivity contribution in [2.24, 2.45) is 0 Å². The third-order valence-electron chi connectivity index (χ3n) is 4.73. The molecule has 0 saturated carbocycles. The number of hydrogen-bond donors (Lipinski definition) is 1. The van der Waals surface area contributed by atoms with Gasteiger partial charge in [-0.1, -0.05) is 48.5 Å². The van der Waals surface area contributed by atoms with Gasteiger partial charge in [0, 0.05) is 17.7 Å². The first-order chi connectivity index (χ1) is 14.0. The lowest BCUT2D eigenvalue weighted by Gasteiger charge is -2.25. The van der Waals surface area contributed by atoms with Crippen molar-refractivity contribution in [2.45, 2.75) is 12.6 Å². The Morgan fingerprint density at radius 1 is 0.966 bits per heavy atom. The number of carbonyl (C=O) groups is 1. The van der Waals surface area contributed by atoms with Crippen molar-refractivity contribution in [3.63, 3.8) is 0 Å². The molecular weight excluding hydrogens is 367 g/mol. The average Bonchev–Trinajstić information content (AvgIpc) is 2.74. The molecule has 0 saturated heterocycles. The largest absolute Gasteiger partial charge is 0.489 e. The molecule has 1 amide bonds. The molecule has 4 nitrogen and oxygen atoms in total. The Balaban J connectivity index is 1.67. The zero-order chi connectivity index (χ0) is 20.6. The highest BCUT2D eigenvalue weighted by Gasteiger charge is 2.17. The summed E-state index contributed by atoms with van der Waals surface area (Å²) in [6.45, 7) is 0.716. The fourth-order valence-corrected chi connectivity index (χ4v) is 3.11. The summed E-state index contributed by atoms with van der Waals surface area (Å²) >= 11 is 0. The number of carbonyl (C=O) groups excluding carboxylic acids is 1. The molecule has 0 fully saturated rings. The second kappa shape index (κ2) is 9.85. The van der Waals surface area contributed by atoms with E-state index in [4.69, 9.17) is 4.74 Å². The molecule has 3 rings (SSSR count). The molecule has 0 aliphatic carbocycles. The van der Waals surface area contributed by atoms with Crippen molar-refractivity contribution in [2.75, 3.05) is 20.6 Å². The van der Waals surface area contributed by atoms with Gasteiger partial charge >= 0.3 is 0 Å². The zero-order valence-corrected chi connectivity index (χ0v) is 16.6. The van der Waals surface area contributed by atoms with Crippen molar-refractivity contribution in [1.29, 1.82) is 0 Å². The molecular formula is C24H25FN2O2. The van der Waals surface area contributed by atoms with Crippen LogP contribution in [0.1, 0.15) is 27.5 Å². The van der Waals surface area contributed by atoms with Gasteiger partial charge in [0.25, 0.3) is 5.91 Å². The second-order valence-corrected chi connectivity index (χ2v) is 7.00. The fourth-order valence-electron chi connectivity index (χ4n) is 3.11. The van der Waals surface area contributed by atoms with Gasteiger partial charge in [0.2, 0.25) is 0 Å². The zero-order valence-electron chi connectivity index (χ0n) is 16.6.